The van der Waals surface area contributed by atoms with Gasteiger partial charge in [0.15, 0.2) is 23.0 Å². The number of aromatic nitrogens is 3. The Hall–Kier alpha value is -5.79. The molecular formula is C34H31N3O11. The molecule has 0 unspecified atom stereocenters. The lowest BCUT2D eigenvalue weighted by atomic mass is 9.66. The molecule has 3 aromatic carbocycles. The molecule has 3 aliphatic rings. The third kappa shape index (κ3) is 5.28. The van der Waals surface area contributed by atoms with E-state index < -0.39 is 41.8 Å². The maximum atomic E-state index is 13.5. The minimum Gasteiger partial charge on any atom is -0.493 e. The molecule has 1 saturated heterocycles. The number of ether oxygens (including phenoxy) is 8. The molecule has 2 aliphatic heterocycles. The third-order valence-electron chi connectivity index (χ3n) is 8.86. The predicted molar refractivity (Wildman–Crippen MR) is 164 cm³/mol. The van der Waals surface area contributed by atoms with Gasteiger partial charge >= 0.3 is 17.9 Å². The summed E-state index contributed by atoms with van der Waals surface area (Å²) in [4.78, 5) is 38.7. The van der Waals surface area contributed by atoms with Crippen LogP contribution in [0.15, 0.2) is 54.7 Å². The number of cyclic esters (lactones) is 1. The number of carbonyl (C=O) groups is 3. The number of hydrogen-bond acceptors (Lipinski definition) is 13. The van der Waals surface area contributed by atoms with Crippen molar-refractivity contribution in [2.75, 3.05) is 41.8 Å². The van der Waals surface area contributed by atoms with E-state index >= 15 is 0 Å². The Morgan fingerprint density at radius 3 is 2.23 bits per heavy atom. The van der Waals surface area contributed by atoms with Crippen LogP contribution in [0.25, 0.3) is 11.3 Å². The van der Waals surface area contributed by atoms with Crippen LogP contribution in [0.2, 0.25) is 0 Å². The van der Waals surface area contributed by atoms with E-state index in [2.05, 4.69) is 10.3 Å². The zero-order valence-corrected chi connectivity index (χ0v) is 26.5. The topological polar surface area (TPSA) is 156 Å². The minimum absolute atomic E-state index is 0.0342. The molecule has 0 spiro atoms. The highest BCUT2D eigenvalue weighted by molar-refractivity contribution is 5.89. The van der Waals surface area contributed by atoms with Crippen molar-refractivity contribution in [1.29, 1.82) is 0 Å². The molecular weight excluding hydrogens is 626 g/mol. The molecule has 1 aromatic heterocycles. The van der Waals surface area contributed by atoms with Crippen LogP contribution in [0.4, 0.5) is 0 Å². The zero-order chi connectivity index (χ0) is 33.5. The van der Waals surface area contributed by atoms with Gasteiger partial charge in [0.25, 0.3) is 0 Å². The van der Waals surface area contributed by atoms with Crippen LogP contribution in [0.5, 0.6) is 28.7 Å². The van der Waals surface area contributed by atoms with E-state index in [4.69, 9.17) is 37.9 Å². The summed E-state index contributed by atoms with van der Waals surface area (Å²) >= 11 is 0. The first-order valence-corrected chi connectivity index (χ1v) is 15.0. The number of carbonyl (C=O) groups excluding carboxylic acids is 3. The summed E-state index contributed by atoms with van der Waals surface area (Å²) in [6.07, 6.45) is 0.762. The second-order valence-electron chi connectivity index (χ2n) is 11.4. The van der Waals surface area contributed by atoms with Crippen molar-refractivity contribution in [3.63, 3.8) is 0 Å². The molecule has 1 fully saturated rings. The average Bonchev–Trinajstić information content (AvgIpc) is 3.87. The number of fused-ring (bicyclic) bond motifs is 3. The SMILES string of the molecule is COC(=O)c1ccc(-c2cn(CC(=O)O[C@H]3c4cc5c(cc4[C@@H](c4cc(OC)c(OC)c(OC)c4)[C@H]4C(=O)OC[C@@H]43)OCO5)nn2)cc1. The largest absolute Gasteiger partial charge is 0.493 e. The van der Waals surface area contributed by atoms with Gasteiger partial charge in [0.1, 0.15) is 18.3 Å². The van der Waals surface area contributed by atoms with Gasteiger partial charge < -0.3 is 37.9 Å². The lowest BCUT2D eigenvalue weighted by Gasteiger charge is -2.38. The molecule has 248 valence electrons. The molecule has 3 heterocycles. The monoisotopic (exact) mass is 657 g/mol. The second-order valence-corrected chi connectivity index (χ2v) is 11.4. The highest BCUT2D eigenvalue weighted by Gasteiger charge is 2.54. The van der Waals surface area contributed by atoms with E-state index in [9.17, 15) is 14.4 Å². The summed E-state index contributed by atoms with van der Waals surface area (Å²) in [6.45, 7) is -0.163. The predicted octanol–water partition coefficient (Wildman–Crippen LogP) is 3.71. The number of hydrogen-bond donors (Lipinski definition) is 0. The summed E-state index contributed by atoms with van der Waals surface area (Å²) in [7, 11) is 5.88. The van der Waals surface area contributed by atoms with E-state index in [1.54, 1.807) is 48.7 Å². The first kappa shape index (κ1) is 30.8. The smallest absolute Gasteiger partial charge is 0.337 e. The van der Waals surface area contributed by atoms with Crippen LogP contribution >= 0.6 is 0 Å². The highest BCUT2D eigenvalue weighted by Crippen LogP contribution is 2.56. The summed E-state index contributed by atoms with van der Waals surface area (Å²) in [5.41, 5.74) is 3.69. The van der Waals surface area contributed by atoms with Gasteiger partial charge in [-0.25, -0.2) is 9.48 Å². The van der Waals surface area contributed by atoms with Crippen molar-refractivity contribution in [3.8, 4) is 40.0 Å². The van der Waals surface area contributed by atoms with Crippen molar-refractivity contribution in [3.05, 3.63) is 77.0 Å². The Bertz CT molecular complexity index is 1880. The van der Waals surface area contributed by atoms with Crippen molar-refractivity contribution >= 4 is 17.9 Å². The standard InChI is InChI=1S/C34H31N3O11/c1-41-26-9-19(10-27(42-2)32(26)43-3)29-20-11-24-25(47-16-46-24)12-21(20)31(22-15-45-34(40)30(22)29)48-28(38)14-37-13-23(35-36-37)17-5-7-18(8-6-17)33(39)44-4/h5-13,22,29-31H,14-16H2,1-4H3/t22-,29+,30-,31-/m0/s1. The third-order valence-corrected chi connectivity index (χ3v) is 8.86. The summed E-state index contributed by atoms with van der Waals surface area (Å²) in [5, 5.41) is 8.26. The van der Waals surface area contributed by atoms with Crippen LogP contribution in [0.3, 0.4) is 0 Å². The second kappa shape index (κ2) is 12.4. The number of methoxy groups -OCH3 is 4. The van der Waals surface area contributed by atoms with Crippen molar-refractivity contribution in [1.82, 2.24) is 15.0 Å². The summed E-state index contributed by atoms with van der Waals surface area (Å²) in [5.74, 6) is -0.923. The fourth-order valence-corrected chi connectivity index (χ4v) is 6.66. The van der Waals surface area contributed by atoms with Crippen molar-refractivity contribution in [2.45, 2.75) is 18.6 Å². The molecule has 4 atom stereocenters. The molecule has 1 aliphatic carbocycles. The highest BCUT2D eigenvalue weighted by atomic mass is 16.7. The van der Waals surface area contributed by atoms with Gasteiger partial charge in [-0.05, 0) is 47.5 Å². The summed E-state index contributed by atoms with van der Waals surface area (Å²) in [6, 6.07) is 13.9. The van der Waals surface area contributed by atoms with E-state index in [1.807, 2.05) is 6.07 Å². The average molecular weight is 658 g/mol. The van der Waals surface area contributed by atoms with Crippen molar-refractivity contribution < 1.29 is 52.3 Å². The molecule has 4 aromatic rings. The normalized spacial score (nSPS) is 20.3. The Balaban J connectivity index is 1.21. The van der Waals surface area contributed by atoms with E-state index in [-0.39, 0.29) is 19.9 Å². The van der Waals surface area contributed by atoms with Gasteiger partial charge in [-0.1, -0.05) is 17.3 Å². The Kier molecular flexibility index (Phi) is 7.99. The summed E-state index contributed by atoms with van der Waals surface area (Å²) < 4.78 is 46.1. The van der Waals surface area contributed by atoms with Gasteiger partial charge in [-0.2, -0.15) is 0 Å². The van der Waals surface area contributed by atoms with Crippen LogP contribution in [-0.2, 0) is 30.3 Å². The lowest BCUT2D eigenvalue weighted by Crippen LogP contribution is -2.37. The molecule has 14 heteroatoms. The van der Waals surface area contributed by atoms with Crippen LogP contribution in [0.1, 0.15) is 39.1 Å². The fourth-order valence-electron chi connectivity index (χ4n) is 6.66. The molecule has 0 amide bonds. The molecule has 0 saturated carbocycles. The van der Waals surface area contributed by atoms with Gasteiger partial charge in [0, 0.05) is 23.0 Å². The number of esters is 3. The number of rotatable bonds is 9. The van der Waals surface area contributed by atoms with Crippen LogP contribution in [-0.4, -0.2) is 74.7 Å². The van der Waals surface area contributed by atoms with E-state index in [1.165, 1.54) is 33.1 Å². The molecule has 0 N–H and O–H groups in total. The molecule has 0 radical (unpaired) electrons. The number of nitrogens with zero attached hydrogens (tertiary/aromatic N) is 3. The zero-order valence-electron chi connectivity index (χ0n) is 26.5. The molecule has 7 rings (SSSR count). The Morgan fingerprint density at radius 1 is 0.896 bits per heavy atom. The lowest BCUT2D eigenvalue weighted by molar-refractivity contribution is -0.155. The van der Waals surface area contributed by atoms with Gasteiger partial charge in [0.2, 0.25) is 12.5 Å². The van der Waals surface area contributed by atoms with E-state index in [0.29, 0.717) is 56.7 Å². The molecule has 48 heavy (non-hydrogen) atoms. The Labute approximate surface area is 274 Å². The quantitative estimate of drug-likeness (QED) is 0.190. The van der Waals surface area contributed by atoms with E-state index in [0.717, 1.165) is 5.56 Å². The Morgan fingerprint density at radius 2 is 1.58 bits per heavy atom. The van der Waals surface area contributed by atoms with Crippen LogP contribution in [0, 0.1) is 11.8 Å². The van der Waals surface area contributed by atoms with Crippen LogP contribution < -0.4 is 23.7 Å². The van der Waals surface area contributed by atoms with Gasteiger partial charge in [0.05, 0.1) is 52.7 Å². The molecule has 0 bridgehead atoms. The fraction of sp³-hybridized carbons (Fsp3) is 0.324. The minimum atomic E-state index is -0.842. The maximum Gasteiger partial charge on any atom is 0.337 e. The molecule has 14 nitrogen and oxygen atoms in total. The first-order chi connectivity index (χ1) is 23.3. The maximum absolute atomic E-state index is 13.5. The van der Waals surface area contributed by atoms with Crippen molar-refractivity contribution in [2.24, 2.45) is 11.8 Å². The van der Waals surface area contributed by atoms with Gasteiger partial charge in [-0.3, -0.25) is 9.59 Å². The first-order valence-electron chi connectivity index (χ1n) is 15.0. The number of benzene rings is 3. The van der Waals surface area contributed by atoms with Gasteiger partial charge in [-0.15, -0.1) is 5.10 Å².